The summed E-state index contributed by atoms with van der Waals surface area (Å²) < 4.78 is 49.5. The number of halogens is 3. The zero-order chi connectivity index (χ0) is 20.7. The summed E-state index contributed by atoms with van der Waals surface area (Å²) >= 11 is 0. The van der Waals surface area contributed by atoms with Gasteiger partial charge in [-0.25, -0.2) is 0 Å². The van der Waals surface area contributed by atoms with Crippen LogP contribution in [0, 0.1) is 5.41 Å². The Hall–Kier alpha value is -2.50. The molecule has 2 aromatic rings. The molecular weight excluding hydrogens is 379 g/mol. The highest BCUT2D eigenvalue weighted by atomic mass is 19.4. The molecule has 1 saturated heterocycles. The van der Waals surface area contributed by atoms with Crippen LogP contribution in [0.4, 0.5) is 13.2 Å². The summed E-state index contributed by atoms with van der Waals surface area (Å²) in [6.45, 7) is 2.52. The number of amides is 1. The van der Waals surface area contributed by atoms with Crippen molar-refractivity contribution >= 4 is 5.91 Å². The number of hydrogen-bond donors (Lipinski definition) is 0. The van der Waals surface area contributed by atoms with Crippen LogP contribution in [0.1, 0.15) is 43.7 Å². The van der Waals surface area contributed by atoms with Gasteiger partial charge in [-0.05, 0) is 42.5 Å². The van der Waals surface area contributed by atoms with Crippen molar-refractivity contribution in [1.82, 2.24) is 4.90 Å². The van der Waals surface area contributed by atoms with Crippen LogP contribution < -0.4 is 4.74 Å². The number of unbranched alkanes of at least 4 members (excludes halogenated alkanes) is 1. The Balaban J connectivity index is 1.71. The number of benzene rings is 2. The molecule has 1 heterocycles. The second-order valence-corrected chi connectivity index (χ2v) is 7.89. The molecule has 154 valence electrons. The zero-order valence-corrected chi connectivity index (χ0v) is 16.3. The fourth-order valence-corrected chi connectivity index (χ4v) is 4.57. The molecule has 0 N–H and O–H groups in total. The maximum atomic E-state index is 14.6. The topological polar surface area (TPSA) is 29.5 Å². The van der Waals surface area contributed by atoms with Crippen molar-refractivity contribution < 1.29 is 22.7 Å². The highest BCUT2D eigenvalue weighted by Crippen LogP contribution is 2.74. The highest BCUT2D eigenvalue weighted by Gasteiger charge is 2.86. The van der Waals surface area contributed by atoms with Crippen molar-refractivity contribution in [2.24, 2.45) is 5.41 Å². The van der Waals surface area contributed by atoms with Gasteiger partial charge in [-0.1, -0.05) is 55.8 Å². The molecule has 2 aromatic carbocycles. The predicted octanol–water partition coefficient (Wildman–Crippen LogP) is 5.45. The maximum Gasteiger partial charge on any atom is 0.417 e. The van der Waals surface area contributed by atoms with Crippen LogP contribution in [-0.4, -0.2) is 23.6 Å². The van der Waals surface area contributed by atoms with Crippen LogP contribution in [0.2, 0.25) is 0 Å². The predicted molar refractivity (Wildman–Crippen MR) is 103 cm³/mol. The minimum atomic E-state index is -4.57. The first-order valence-electron chi connectivity index (χ1n) is 10.0. The zero-order valence-electron chi connectivity index (χ0n) is 16.3. The monoisotopic (exact) mass is 403 g/mol. The third kappa shape index (κ3) is 2.92. The van der Waals surface area contributed by atoms with Crippen LogP contribution in [-0.2, 0) is 16.9 Å². The van der Waals surface area contributed by atoms with Crippen molar-refractivity contribution in [3.63, 3.8) is 0 Å². The molecule has 1 aliphatic heterocycles. The molecule has 1 amide bonds. The number of alkyl halides is 3. The van der Waals surface area contributed by atoms with Gasteiger partial charge in [0.05, 0.1) is 12.0 Å². The lowest BCUT2D eigenvalue weighted by Gasteiger charge is -2.59. The van der Waals surface area contributed by atoms with E-state index in [0.29, 0.717) is 17.9 Å². The van der Waals surface area contributed by atoms with E-state index in [4.69, 9.17) is 4.74 Å². The fourth-order valence-electron chi connectivity index (χ4n) is 4.57. The Labute approximate surface area is 168 Å². The third-order valence-electron chi connectivity index (χ3n) is 6.13. The lowest BCUT2D eigenvalue weighted by Crippen LogP contribution is -2.75. The second kappa shape index (κ2) is 7.08. The van der Waals surface area contributed by atoms with Gasteiger partial charge in [0.1, 0.15) is 5.75 Å². The van der Waals surface area contributed by atoms with Gasteiger partial charge < -0.3 is 9.64 Å². The number of likely N-dealkylation sites (tertiary alicyclic amines) is 1. The van der Waals surface area contributed by atoms with Gasteiger partial charge in [-0.3, -0.25) is 4.79 Å². The first kappa shape index (κ1) is 19.8. The Morgan fingerprint density at radius 2 is 1.69 bits per heavy atom. The van der Waals surface area contributed by atoms with Gasteiger partial charge in [0.15, 0.2) is 5.54 Å². The minimum absolute atomic E-state index is 0.0598. The minimum Gasteiger partial charge on any atom is -0.494 e. The van der Waals surface area contributed by atoms with Crippen molar-refractivity contribution in [3.8, 4) is 5.75 Å². The van der Waals surface area contributed by atoms with Crippen molar-refractivity contribution in [2.75, 3.05) is 6.61 Å². The number of nitrogens with zero attached hydrogens (tertiary/aromatic N) is 1. The Morgan fingerprint density at radius 1 is 1.03 bits per heavy atom. The summed E-state index contributed by atoms with van der Waals surface area (Å²) in [5.74, 6) is 0.145. The molecule has 6 heteroatoms. The van der Waals surface area contributed by atoms with E-state index in [1.165, 1.54) is 12.1 Å². The summed E-state index contributed by atoms with van der Waals surface area (Å²) in [6.07, 6.45) is -2.17. The summed E-state index contributed by atoms with van der Waals surface area (Å²) in [7, 11) is 0. The second-order valence-electron chi connectivity index (χ2n) is 7.89. The molecule has 29 heavy (non-hydrogen) atoms. The van der Waals surface area contributed by atoms with E-state index in [0.717, 1.165) is 17.7 Å². The van der Waals surface area contributed by atoms with E-state index >= 15 is 0 Å². The van der Waals surface area contributed by atoms with Crippen LogP contribution in [0.5, 0.6) is 5.75 Å². The molecule has 1 spiro atoms. The first-order chi connectivity index (χ1) is 13.9. The lowest BCUT2D eigenvalue weighted by molar-refractivity contribution is -0.293. The lowest BCUT2D eigenvalue weighted by atomic mass is 9.64. The van der Waals surface area contributed by atoms with Crippen LogP contribution in [0.3, 0.4) is 0 Å². The molecule has 3 nitrogen and oxygen atoms in total. The van der Waals surface area contributed by atoms with E-state index in [9.17, 15) is 18.0 Å². The number of ether oxygens (including phenoxy) is 1. The standard InChI is InChI=1S/C23H24F3NO2/c1-2-3-15-29-19-11-9-18(10-12-19)22(23(24,25)26)21(13-14-21)20(28)27(22)16-17-7-5-4-6-8-17/h4-12H,2-3,13-16H2,1H3. The van der Waals surface area contributed by atoms with Gasteiger partial charge in [0, 0.05) is 6.54 Å². The number of β-lactam (4-membered cyclic amide) rings is 1. The van der Waals surface area contributed by atoms with Crippen LogP contribution >= 0.6 is 0 Å². The van der Waals surface area contributed by atoms with Gasteiger partial charge in [0.25, 0.3) is 0 Å². The third-order valence-corrected chi connectivity index (χ3v) is 6.13. The van der Waals surface area contributed by atoms with Crippen LogP contribution in [0.15, 0.2) is 54.6 Å². The molecular formula is C23H24F3NO2. The quantitative estimate of drug-likeness (QED) is 0.455. The van der Waals surface area contributed by atoms with Gasteiger partial charge in [0.2, 0.25) is 5.91 Å². The number of carbonyl (C=O) groups excluding carboxylic acids is 1. The molecule has 1 saturated carbocycles. The molecule has 1 unspecified atom stereocenters. The summed E-state index contributed by atoms with van der Waals surface area (Å²) in [6, 6.07) is 14.9. The normalized spacial score (nSPS) is 22.5. The van der Waals surface area contributed by atoms with Gasteiger partial charge in [-0.2, -0.15) is 13.2 Å². The maximum absolute atomic E-state index is 14.6. The highest BCUT2D eigenvalue weighted by molar-refractivity contribution is 5.95. The largest absolute Gasteiger partial charge is 0.494 e. The van der Waals surface area contributed by atoms with Crippen LogP contribution in [0.25, 0.3) is 0 Å². The first-order valence-corrected chi connectivity index (χ1v) is 10.0. The Kier molecular flexibility index (Phi) is 4.83. The molecule has 4 rings (SSSR count). The average Bonchev–Trinajstić information content (AvgIpc) is 3.52. The molecule has 2 aliphatic rings. The van der Waals surface area contributed by atoms with E-state index in [1.54, 1.807) is 42.5 Å². The number of carbonyl (C=O) groups is 1. The summed E-state index contributed by atoms with van der Waals surface area (Å²) in [5.41, 5.74) is -2.84. The van der Waals surface area contributed by atoms with Gasteiger partial charge in [-0.15, -0.1) is 0 Å². The van der Waals surface area contributed by atoms with E-state index < -0.39 is 23.0 Å². The SMILES string of the molecule is CCCCOc1ccc(C2(C(F)(F)F)N(Cc3ccccc3)C(=O)C23CC3)cc1. The van der Waals surface area contributed by atoms with Crippen molar-refractivity contribution in [2.45, 2.75) is 50.9 Å². The van der Waals surface area contributed by atoms with E-state index in [2.05, 4.69) is 0 Å². The number of hydrogen-bond acceptors (Lipinski definition) is 2. The molecule has 0 aromatic heterocycles. The van der Waals surface area contributed by atoms with E-state index in [-0.39, 0.29) is 24.9 Å². The number of rotatable bonds is 7. The summed E-state index contributed by atoms with van der Waals surface area (Å²) in [5, 5.41) is 0. The van der Waals surface area contributed by atoms with E-state index in [1.807, 2.05) is 6.92 Å². The molecule has 0 radical (unpaired) electrons. The fraction of sp³-hybridized carbons (Fsp3) is 0.435. The summed E-state index contributed by atoms with van der Waals surface area (Å²) in [4.78, 5) is 13.8. The Bertz CT molecular complexity index is 875. The van der Waals surface area contributed by atoms with Gasteiger partial charge >= 0.3 is 6.18 Å². The molecule has 0 bridgehead atoms. The van der Waals surface area contributed by atoms with Crippen molar-refractivity contribution in [3.05, 3.63) is 65.7 Å². The molecule has 1 atom stereocenters. The van der Waals surface area contributed by atoms with Crippen molar-refractivity contribution in [1.29, 1.82) is 0 Å². The smallest absolute Gasteiger partial charge is 0.417 e. The molecule has 2 fully saturated rings. The molecule has 1 aliphatic carbocycles. The Morgan fingerprint density at radius 3 is 2.24 bits per heavy atom. The average molecular weight is 403 g/mol.